The number of aromatic amines is 1. The van der Waals surface area contributed by atoms with E-state index in [-0.39, 0.29) is 23.2 Å². The number of fused-ring (bicyclic) bond motifs is 1. The second-order valence-corrected chi connectivity index (χ2v) is 8.99. The molecule has 8 nitrogen and oxygen atoms in total. The van der Waals surface area contributed by atoms with Crippen LogP contribution in [0, 0.1) is 17.7 Å². The molecule has 2 fully saturated rings. The van der Waals surface area contributed by atoms with Gasteiger partial charge in [-0.15, -0.1) is 0 Å². The molecule has 1 unspecified atom stereocenters. The normalized spacial score (nSPS) is 23.1. The zero-order valence-corrected chi connectivity index (χ0v) is 19.1. The Morgan fingerprint density at radius 2 is 2.26 bits per heavy atom. The number of rotatable bonds is 8. The van der Waals surface area contributed by atoms with Crippen molar-refractivity contribution in [3.8, 4) is 0 Å². The van der Waals surface area contributed by atoms with E-state index in [2.05, 4.69) is 32.2 Å². The van der Waals surface area contributed by atoms with Gasteiger partial charge in [0.1, 0.15) is 17.8 Å². The quantitative estimate of drug-likeness (QED) is 0.547. The van der Waals surface area contributed by atoms with Crippen molar-refractivity contribution in [2.75, 3.05) is 13.7 Å². The molecule has 34 heavy (non-hydrogen) atoms. The van der Waals surface area contributed by atoms with E-state index in [9.17, 15) is 9.18 Å². The Kier molecular flexibility index (Phi) is 5.95. The Morgan fingerprint density at radius 1 is 1.50 bits per heavy atom. The number of aliphatic imine (C=N–C) groups is 2. The summed E-state index contributed by atoms with van der Waals surface area (Å²) in [5, 5.41) is 10.1. The Hall–Kier alpha value is -3.11. The molecule has 1 aromatic carbocycles. The number of benzene rings is 1. The largest absolute Gasteiger partial charge is 0.376 e. The summed E-state index contributed by atoms with van der Waals surface area (Å²) >= 11 is 6.56. The lowest BCUT2D eigenvalue weighted by molar-refractivity contribution is -0.122. The number of nitrogens with one attached hydrogen (secondary N) is 2. The van der Waals surface area contributed by atoms with Gasteiger partial charge in [0.15, 0.2) is 0 Å². The van der Waals surface area contributed by atoms with Crippen LogP contribution in [0.1, 0.15) is 36.5 Å². The van der Waals surface area contributed by atoms with Crippen molar-refractivity contribution < 1.29 is 18.3 Å². The average Bonchev–Trinajstić information content (AvgIpc) is 3.75. The van der Waals surface area contributed by atoms with Crippen LogP contribution >= 0.6 is 11.6 Å². The van der Waals surface area contributed by atoms with Gasteiger partial charge < -0.3 is 15.0 Å². The number of aromatic nitrogens is 2. The molecular formula is C23H23ClF2N6O2. The van der Waals surface area contributed by atoms with Crippen molar-refractivity contribution in [1.82, 2.24) is 20.4 Å². The Labute approximate surface area is 199 Å². The van der Waals surface area contributed by atoms with Gasteiger partial charge >= 0.3 is 0 Å². The van der Waals surface area contributed by atoms with Gasteiger partial charge in [-0.1, -0.05) is 11.6 Å². The van der Waals surface area contributed by atoms with Crippen molar-refractivity contribution in [2.24, 2.45) is 21.8 Å². The average molecular weight is 489 g/mol. The van der Waals surface area contributed by atoms with Crippen molar-refractivity contribution in [3.05, 3.63) is 46.4 Å². The third kappa shape index (κ3) is 4.12. The van der Waals surface area contributed by atoms with E-state index < -0.39 is 29.9 Å². The Balaban J connectivity index is 1.50. The fraction of sp³-hybridized carbons (Fsp3) is 0.391. The van der Waals surface area contributed by atoms with Gasteiger partial charge in [-0.25, -0.2) is 13.8 Å². The number of H-pyrrole nitrogens is 1. The maximum absolute atomic E-state index is 15.6. The maximum atomic E-state index is 15.6. The van der Waals surface area contributed by atoms with Crippen LogP contribution in [0.3, 0.4) is 0 Å². The first-order valence-corrected chi connectivity index (χ1v) is 11.3. The molecule has 11 heteroatoms. The SMILES string of the molecule is C=N/C(=C\N1C=C(c2c(Cl)c(F)c(C(OC)C3CC3)c3[nH]ncc23)N=CC1)NC(=O)[C@@H]1C[C@@H]1F. The van der Waals surface area contributed by atoms with Crippen LogP contribution in [-0.4, -0.2) is 53.8 Å². The van der Waals surface area contributed by atoms with E-state index in [1.807, 2.05) is 0 Å². The standard InChI is InChI=1S/C23H23ClF2N6O2/c1-27-16(30-23(33)12-7-14(12)25)10-32-6-5-28-15(9-32)17-13-8-29-31-21(13)18(20(26)19(17)24)22(34-2)11-3-4-11/h5,8-12,14,22H,1,3-4,6-7H2,2H3,(H,29,31)(H,30,33)/b16-10+/t12-,14+,22?/m1/s1. The second kappa shape index (κ2) is 8.92. The maximum Gasteiger partial charge on any atom is 0.231 e. The number of hydrogen-bond acceptors (Lipinski definition) is 6. The fourth-order valence-corrected chi connectivity index (χ4v) is 4.52. The topological polar surface area (TPSA) is 95.0 Å². The smallest absolute Gasteiger partial charge is 0.231 e. The third-order valence-electron chi connectivity index (χ3n) is 6.24. The summed E-state index contributed by atoms with van der Waals surface area (Å²) in [7, 11) is 1.56. The highest BCUT2D eigenvalue weighted by Gasteiger charge is 2.44. The monoisotopic (exact) mass is 488 g/mol. The number of methoxy groups -OCH3 is 1. The van der Waals surface area contributed by atoms with Crippen LogP contribution < -0.4 is 5.32 Å². The van der Waals surface area contributed by atoms with Crippen LogP contribution in [0.2, 0.25) is 5.02 Å². The van der Waals surface area contributed by atoms with E-state index >= 15 is 4.39 Å². The first-order chi connectivity index (χ1) is 16.4. The number of carbonyl (C=O) groups is 1. The molecule has 2 aliphatic carbocycles. The molecule has 178 valence electrons. The Morgan fingerprint density at radius 3 is 2.91 bits per heavy atom. The zero-order valence-electron chi connectivity index (χ0n) is 18.4. The molecule has 3 atom stereocenters. The number of halogens is 3. The van der Waals surface area contributed by atoms with Gasteiger partial charge in [-0.3, -0.25) is 14.9 Å². The summed E-state index contributed by atoms with van der Waals surface area (Å²) in [6.45, 7) is 3.83. The molecule has 2 heterocycles. The predicted octanol–water partition coefficient (Wildman–Crippen LogP) is 4.11. The summed E-state index contributed by atoms with van der Waals surface area (Å²) in [5.41, 5.74) is 1.69. The van der Waals surface area contributed by atoms with E-state index in [0.717, 1.165) is 12.8 Å². The van der Waals surface area contributed by atoms with Crippen LogP contribution in [0.15, 0.2) is 34.4 Å². The lowest BCUT2D eigenvalue weighted by atomic mass is 9.97. The van der Waals surface area contributed by atoms with Crippen molar-refractivity contribution >= 4 is 47.0 Å². The molecule has 3 aliphatic rings. The predicted molar refractivity (Wildman–Crippen MR) is 125 cm³/mol. The molecule has 0 radical (unpaired) electrons. The molecule has 0 spiro atoms. The molecule has 2 N–H and O–H groups in total. The number of amides is 1. The number of nitrogens with zero attached hydrogens (tertiary/aromatic N) is 4. The zero-order chi connectivity index (χ0) is 24.0. The molecule has 2 aromatic rings. The number of hydrogen-bond donors (Lipinski definition) is 2. The van der Waals surface area contributed by atoms with Gasteiger partial charge in [0.25, 0.3) is 0 Å². The van der Waals surface area contributed by atoms with E-state index in [1.54, 1.807) is 36.8 Å². The number of carbonyl (C=O) groups excluding carboxylic acids is 1. The molecule has 1 aromatic heterocycles. The van der Waals surface area contributed by atoms with Gasteiger partial charge in [-0.05, 0) is 31.9 Å². The minimum atomic E-state index is -1.12. The van der Waals surface area contributed by atoms with Crippen LogP contribution in [-0.2, 0) is 9.53 Å². The number of ether oxygens (including phenoxy) is 1. The second-order valence-electron chi connectivity index (χ2n) is 8.61. The first-order valence-electron chi connectivity index (χ1n) is 10.9. The summed E-state index contributed by atoms with van der Waals surface area (Å²) in [5.74, 6) is -1.25. The highest BCUT2D eigenvalue weighted by molar-refractivity contribution is 6.34. The van der Waals surface area contributed by atoms with Crippen molar-refractivity contribution in [1.29, 1.82) is 0 Å². The molecular weight excluding hydrogens is 466 g/mol. The minimum absolute atomic E-state index is 0.0704. The molecule has 5 rings (SSSR count). The third-order valence-corrected chi connectivity index (χ3v) is 6.60. The van der Waals surface area contributed by atoms with Crippen molar-refractivity contribution in [2.45, 2.75) is 31.5 Å². The summed E-state index contributed by atoms with van der Waals surface area (Å²) in [4.78, 5) is 22.0. The highest BCUT2D eigenvalue weighted by atomic mass is 35.5. The van der Waals surface area contributed by atoms with E-state index in [4.69, 9.17) is 16.3 Å². The molecule has 0 bridgehead atoms. The van der Waals surface area contributed by atoms with Gasteiger partial charge in [0, 0.05) is 42.2 Å². The molecule has 0 saturated heterocycles. The summed E-state index contributed by atoms with van der Waals surface area (Å²) in [6, 6.07) is 0. The molecule has 1 aliphatic heterocycles. The fourth-order valence-electron chi connectivity index (χ4n) is 4.22. The van der Waals surface area contributed by atoms with Gasteiger partial charge in [0.05, 0.1) is 41.0 Å². The van der Waals surface area contributed by atoms with E-state index in [0.29, 0.717) is 34.3 Å². The Bertz CT molecular complexity index is 1250. The van der Waals surface area contributed by atoms with Crippen LogP contribution in [0.4, 0.5) is 8.78 Å². The van der Waals surface area contributed by atoms with Crippen LogP contribution in [0.25, 0.3) is 16.6 Å². The lowest BCUT2D eigenvalue weighted by Gasteiger charge is -2.22. The number of alkyl halides is 1. The van der Waals surface area contributed by atoms with Gasteiger partial charge in [-0.2, -0.15) is 5.10 Å². The summed E-state index contributed by atoms with van der Waals surface area (Å²) < 4.78 is 34.4. The highest BCUT2D eigenvalue weighted by Crippen LogP contribution is 2.48. The first kappa shape index (κ1) is 22.7. The summed E-state index contributed by atoms with van der Waals surface area (Å²) in [6.07, 6.45) is 7.03. The van der Waals surface area contributed by atoms with Crippen LogP contribution in [0.5, 0.6) is 0 Å². The lowest BCUT2D eigenvalue weighted by Crippen LogP contribution is -2.27. The van der Waals surface area contributed by atoms with E-state index in [1.165, 1.54) is 0 Å². The van der Waals surface area contributed by atoms with Crippen molar-refractivity contribution in [3.63, 3.8) is 0 Å². The minimum Gasteiger partial charge on any atom is -0.376 e. The molecule has 1 amide bonds. The molecule has 2 saturated carbocycles. The van der Waals surface area contributed by atoms with Gasteiger partial charge in [0.2, 0.25) is 5.91 Å².